The standard InChI is InChI=1S/C17H27NO4/c1-12(2)7-6-8-18-16(19)11-13-9-14(20-3)17(22-5)15(10-13)21-4/h9-10,12H,6-8,11H2,1-5H3,(H,18,19). The number of carbonyl (C=O) groups excluding carboxylic acids is 1. The SMILES string of the molecule is COc1cc(CC(=O)NCCCC(C)C)cc(OC)c1OC. The second-order valence-electron chi connectivity index (χ2n) is 5.60. The molecule has 5 heteroatoms. The molecule has 0 saturated heterocycles. The summed E-state index contributed by atoms with van der Waals surface area (Å²) in [5.74, 6) is 2.31. The molecule has 0 heterocycles. The highest BCUT2D eigenvalue weighted by Gasteiger charge is 2.14. The van der Waals surface area contributed by atoms with Crippen LogP contribution in [-0.4, -0.2) is 33.8 Å². The smallest absolute Gasteiger partial charge is 0.224 e. The minimum Gasteiger partial charge on any atom is -0.493 e. The molecule has 0 atom stereocenters. The number of hydrogen-bond donors (Lipinski definition) is 1. The van der Waals surface area contributed by atoms with Gasteiger partial charge in [0.2, 0.25) is 11.7 Å². The molecular weight excluding hydrogens is 282 g/mol. The molecule has 1 amide bonds. The van der Waals surface area contributed by atoms with E-state index in [4.69, 9.17) is 14.2 Å². The Bertz CT molecular complexity index is 461. The average molecular weight is 309 g/mol. The topological polar surface area (TPSA) is 56.8 Å². The number of carbonyl (C=O) groups is 1. The average Bonchev–Trinajstić information content (AvgIpc) is 2.50. The molecule has 1 aromatic rings. The van der Waals surface area contributed by atoms with Crippen LogP contribution >= 0.6 is 0 Å². The fraction of sp³-hybridized carbons (Fsp3) is 0.588. The molecule has 1 rings (SSSR count). The van der Waals surface area contributed by atoms with Crippen LogP contribution in [0, 0.1) is 5.92 Å². The largest absolute Gasteiger partial charge is 0.493 e. The van der Waals surface area contributed by atoms with Crippen molar-refractivity contribution in [3.63, 3.8) is 0 Å². The lowest BCUT2D eigenvalue weighted by Gasteiger charge is -2.14. The van der Waals surface area contributed by atoms with Gasteiger partial charge in [-0.3, -0.25) is 4.79 Å². The number of benzene rings is 1. The molecule has 0 spiro atoms. The summed E-state index contributed by atoms with van der Waals surface area (Å²) in [6, 6.07) is 3.60. The number of methoxy groups -OCH3 is 3. The Morgan fingerprint density at radius 2 is 1.68 bits per heavy atom. The van der Waals surface area contributed by atoms with Gasteiger partial charge in [0, 0.05) is 6.54 Å². The van der Waals surface area contributed by atoms with Crippen molar-refractivity contribution in [1.29, 1.82) is 0 Å². The molecule has 1 aromatic carbocycles. The van der Waals surface area contributed by atoms with Crippen molar-refractivity contribution in [2.45, 2.75) is 33.1 Å². The number of nitrogens with one attached hydrogen (secondary N) is 1. The first-order valence-corrected chi connectivity index (χ1v) is 7.57. The van der Waals surface area contributed by atoms with Crippen LogP contribution in [0.1, 0.15) is 32.3 Å². The lowest BCUT2D eigenvalue weighted by Crippen LogP contribution is -2.26. The highest BCUT2D eigenvalue weighted by Crippen LogP contribution is 2.38. The monoisotopic (exact) mass is 309 g/mol. The molecule has 0 unspecified atom stereocenters. The molecule has 0 radical (unpaired) electrons. The zero-order chi connectivity index (χ0) is 16.5. The Morgan fingerprint density at radius 1 is 1.09 bits per heavy atom. The maximum atomic E-state index is 12.0. The summed E-state index contributed by atoms with van der Waals surface area (Å²) in [7, 11) is 4.68. The van der Waals surface area contributed by atoms with E-state index in [9.17, 15) is 4.79 Å². The summed E-state index contributed by atoms with van der Waals surface area (Å²) in [5, 5.41) is 2.94. The van der Waals surface area contributed by atoms with Crippen molar-refractivity contribution in [3.8, 4) is 17.2 Å². The van der Waals surface area contributed by atoms with Gasteiger partial charge in [0.25, 0.3) is 0 Å². The van der Waals surface area contributed by atoms with Crippen molar-refractivity contribution in [2.24, 2.45) is 5.92 Å². The molecule has 124 valence electrons. The van der Waals surface area contributed by atoms with E-state index in [0.717, 1.165) is 18.4 Å². The van der Waals surface area contributed by atoms with E-state index < -0.39 is 0 Å². The van der Waals surface area contributed by atoms with E-state index in [1.807, 2.05) is 0 Å². The highest BCUT2D eigenvalue weighted by atomic mass is 16.5. The first-order chi connectivity index (χ1) is 10.5. The van der Waals surface area contributed by atoms with Gasteiger partial charge in [-0.2, -0.15) is 0 Å². The van der Waals surface area contributed by atoms with Gasteiger partial charge in [0.1, 0.15) is 0 Å². The second-order valence-corrected chi connectivity index (χ2v) is 5.60. The van der Waals surface area contributed by atoms with Gasteiger partial charge in [0.05, 0.1) is 27.8 Å². The first kappa shape index (κ1) is 18.1. The third-order valence-electron chi connectivity index (χ3n) is 3.37. The second kappa shape index (κ2) is 9.18. The summed E-state index contributed by atoms with van der Waals surface area (Å²) in [6.45, 7) is 5.07. The van der Waals surface area contributed by atoms with Crippen LogP contribution in [0.15, 0.2) is 12.1 Å². The van der Waals surface area contributed by atoms with E-state index >= 15 is 0 Å². The normalized spacial score (nSPS) is 10.5. The van der Waals surface area contributed by atoms with Crippen LogP contribution in [0.2, 0.25) is 0 Å². The molecule has 0 aliphatic rings. The molecule has 0 bridgehead atoms. The molecule has 0 aromatic heterocycles. The number of amides is 1. The Kier molecular flexibility index (Phi) is 7.57. The molecule has 0 saturated carbocycles. The minimum absolute atomic E-state index is 0.00182. The summed E-state index contributed by atoms with van der Waals surface area (Å²) < 4.78 is 15.8. The van der Waals surface area contributed by atoms with E-state index in [1.54, 1.807) is 33.5 Å². The van der Waals surface area contributed by atoms with E-state index in [1.165, 1.54) is 0 Å². The van der Waals surface area contributed by atoms with Crippen LogP contribution in [0.4, 0.5) is 0 Å². The third-order valence-corrected chi connectivity index (χ3v) is 3.37. The van der Waals surface area contributed by atoms with Gasteiger partial charge in [-0.15, -0.1) is 0 Å². The van der Waals surface area contributed by atoms with E-state index in [2.05, 4.69) is 19.2 Å². The fourth-order valence-corrected chi connectivity index (χ4v) is 2.22. The van der Waals surface area contributed by atoms with E-state index in [0.29, 0.717) is 36.1 Å². The molecule has 1 N–H and O–H groups in total. The molecule has 5 nitrogen and oxygen atoms in total. The molecule has 22 heavy (non-hydrogen) atoms. The van der Waals surface area contributed by atoms with Crippen molar-refractivity contribution >= 4 is 5.91 Å². The molecule has 0 aliphatic heterocycles. The Labute approximate surface area is 132 Å². The fourth-order valence-electron chi connectivity index (χ4n) is 2.22. The third kappa shape index (κ3) is 5.47. The zero-order valence-electron chi connectivity index (χ0n) is 14.2. The van der Waals surface area contributed by atoms with Crippen LogP contribution in [0.3, 0.4) is 0 Å². The number of rotatable bonds is 9. The Morgan fingerprint density at radius 3 is 2.14 bits per heavy atom. The van der Waals surface area contributed by atoms with Crippen molar-refractivity contribution in [3.05, 3.63) is 17.7 Å². The van der Waals surface area contributed by atoms with Crippen molar-refractivity contribution < 1.29 is 19.0 Å². The maximum Gasteiger partial charge on any atom is 0.224 e. The predicted molar refractivity (Wildman–Crippen MR) is 86.9 cm³/mol. The zero-order valence-corrected chi connectivity index (χ0v) is 14.2. The Hall–Kier alpha value is -1.91. The van der Waals surface area contributed by atoms with E-state index in [-0.39, 0.29) is 5.91 Å². The summed E-state index contributed by atoms with van der Waals surface area (Å²) in [5.41, 5.74) is 0.829. The Balaban J connectivity index is 2.66. The van der Waals surface area contributed by atoms with Crippen LogP contribution in [-0.2, 0) is 11.2 Å². The van der Waals surface area contributed by atoms with Gasteiger partial charge < -0.3 is 19.5 Å². The predicted octanol–water partition coefficient (Wildman–Crippen LogP) is 2.81. The number of hydrogen-bond acceptors (Lipinski definition) is 4. The van der Waals surface area contributed by atoms with Gasteiger partial charge >= 0.3 is 0 Å². The lowest BCUT2D eigenvalue weighted by atomic mass is 10.1. The lowest BCUT2D eigenvalue weighted by molar-refractivity contribution is -0.120. The minimum atomic E-state index is -0.00182. The van der Waals surface area contributed by atoms with Crippen molar-refractivity contribution in [2.75, 3.05) is 27.9 Å². The highest BCUT2D eigenvalue weighted by molar-refractivity contribution is 5.79. The molecule has 0 aliphatic carbocycles. The van der Waals surface area contributed by atoms with Gasteiger partial charge in [-0.25, -0.2) is 0 Å². The number of ether oxygens (including phenoxy) is 3. The molecular formula is C17H27NO4. The van der Waals surface area contributed by atoms with Crippen LogP contribution < -0.4 is 19.5 Å². The van der Waals surface area contributed by atoms with Gasteiger partial charge in [-0.1, -0.05) is 13.8 Å². The van der Waals surface area contributed by atoms with Crippen LogP contribution in [0.5, 0.6) is 17.2 Å². The van der Waals surface area contributed by atoms with Gasteiger partial charge in [0.15, 0.2) is 11.5 Å². The van der Waals surface area contributed by atoms with Crippen molar-refractivity contribution in [1.82, 2.24) is 5.32 Å². The maximum absolute atomic E-state index is 12.0. The summed E-state index contributed by atoms with van der Waals surface area (Å²) >= 11 is 0. The van der Waals surface area contributed by atoms with Gasteiger partial charge in [-0.05, 0) is 36.5 Å². The summed E-state index contributed by atoms with van der Waals surface area (Å²) in [6.07, 6.45) is 2.40. The molecule has 0 fully saturated rings. The van der Waals surface area contributed by atoms with Crippen LogP contribution in [0.25, 0.3) is 0 Å². The first-order valence-electron chi connectivity index (χ1n) is 7.57. The quantitative estimate of drug-likeness (QED) is 0.713. The summed E-state index contributed by atoms with van der Waals surface area (Å²) in [4.78, 5) is 12.0.